The molecule has 22 heavy (non-hydrogen) atoms. The molecule has 0 aromatic carbocycles. The molecule has 0 spiro atoms. The van der Waals surface area contributed by atoms with Crippen molar-refractivity contribution in [3.8, 4) is 0 Å². The molecule has 2 aromatic rings. The van der Waals surface area contributed by atoms with Crippen molar-refractivity contribution in [2.75, 3.05) is 6.54 Å². The van der Waals surface area contributed by atoms with Gasteiger partial charge in [0.2, 0.25) is 0 Å². The lowest BCUT2D eigenvalue weighted by Crippen LogP contribution is -2.39. The topological polar surface area (TPSA) is 73.8 Å². The number of aryl methyl sites for hydroxylation is 1. The third-order valence-electron chi connectivity index (χ3n) is 4.41. The molecule has 3 heterocycles. The van der Waals surface area contributed by atoms with E-state index in [-0.39, 0.29) is 23.3 Å². The van der Waals surface area contributed by atoms with E-state index in [1.807, 2.05) is 25.3 Å². The van der Waals surface area contributed by atoms with Gasteiger partial charge in [0, 0.05) is 19.6 Å². The van der Waals surface area contributed by atoms with E-state index in [9.17, 15) is 9.59 Å². The molecule has 1 atom stereocenters. The van der Waals surface area contributed by atoms with Gasteiger partial charge in [-0.1, -0.05) is 0 Å². The van der Waals surface area contributed by atoms with Crippen LogP contribution < -0.4 is 16.6 Å². The number of rotatable bonds is 3. The van der Waals surface area contributed by atoms with Gasteiger partial charge in [-0.15, -0.1) is 0 Å². The Morgan fingerprint density at radius 1 is 1.36 bits per heavy atom. The highest BCUT2D eigenvalue weighted by atomic mass is 16.2. The van der Waals surface area contributed by atoms with Gasteiger partial charge in [-0.05, 0) is 40.2 Å². The molecule has 0 bridgehead atoms. The first-order valence-electron chi connectivity index (χ1n) is 7.92. The van der Waals surface area contributed by atoms with Crippen LogP contribution in [0.2, 0.25) is 0 Å². The summed E-state index contributed by atoms with van der Waals surface area (Å²) in [5.74, 6) is 0.868. The second kappa shape index (κ2) is 5.39. The smallest absolute Gasteiger partial charge is 0.321 e. The van der Waals surface area contributed by atoms with Crippen LogP contribution in [0.3, 0.4) is 0 Å². The molecule has 1 saturated heterocycles. The molecule has 7 heteroatoms. The number of hydrogen-bond donors (Lipinski definition) is 1. The third-order valence-corrected chi connectivity index (χ3v) is 4.41. The van der Waals surface area contributed by atoms with E-state index in [0.29, 0.717) is 17.7 Å². The number of hydrogen-bond acceptors (Lipinski definition) is 4. The van der Waals surface area contributed by atoms with Crippen LogP contribution in [0.25, 0.3) is 11.2 Å². The Bertz CT molecular complexity index is 821. The summed E-state index contributed by atoms with van der Waals surface area (Å²) in [4.78, 5) is 29.7. The minimum absolute atomic E-state index is 0.0496. The molecule has 0 amide bonds. The molecule has 1 N–H and O–H groups in total. The highest BCUT2D eigenvalue weighted by Gasteiger charge is 2.26. The van der Waals surface area contributed by atoms with Gasteiger partial charge in [0.05, 0.1) is 6.04 Å². The Balaban J connectivity index is 2.42. The Kier molecular flexibility index (Phi) is 3.68. The molecule has 0 aliphatic carbocycles. The van der Waals surface area contributed by atoms with Gasteiger partial charge in [-0.3, -0.25) is 13.9 Å². The lowest BCUT2D eigenvalue weighted by Gasteiger charge is -2.13. The van der Waals surface area contributed by atoms with Crippen LogP contribution in [0.15, 0.2) is 9.59 Å². The zero-order valence-corrected chi connectivity index (χ0v) is 13.6. The van der Waals surface area contributed by atoms with E-state index in [4.69, 9.17) is 4.98 Å². The zero-order valence-electron chi connectivity index (χ0n) is 13.6. The summed E-state index contributed by atoms with van der Waals surface area (Å²) in [5, 5.41) is 3.43. The van der Waals surface area contributed by atoms with Crippen molar-refractivity contribution < 1.29 is 0 Å². The molecule has 1 aliphatic heterocycles. The number of nitrogens with zero attached hydrogens (tertiary/aromatic N) is 4. The van der Waals surface area contributed by atoms with E-state index in [0.717, 1.165) is 25.2 Å². The molecule has 7 nitrogen and oxygen atoms in total. The summed E-state index contributed by atoms with van der Waals surface area (Å²) in [6, 6.07) is 0.110. The molecule has 2 aromatic heterocycles. The van der Waals surface area contributed by atoms with Crippen molar-refractivity contribution in [1.29, 1.82) is 0 Å². The maximum Gasteiger partial charge on any atom is 0.332 e. The van der Waals surface area contributed by atoms with Gasteiger partial charge in [0.25, 0.3) is 5.56 Å². The fourth-order valence-electron chi connectivity index (χ4n) is 3.29. The average Bonchev–Trinajstić information content (AvgIpc) is 3.11. The number of imidazole rings is 1. The molecule has 0 saturated carbocycles. The van der Waals surface area contributed by atoms with Crippen molar-refractivity contribution in [2.24, 2.45) is 7.05 Å². The van der Waals surface area contributed by atoms with Crippen LogP contribution in [0, 0.1) is 0 Å². The first-order valence-corrected chi connectivity index (χ1v) is 7.92. The minimum Gasteiger partial charge on any atom is -0.321 e. The van der Waals surface area contributed by atoms with Crippen LogP contribution in [0.5, 0.6) is 0 Å². The summed E-state index contributed by atoms with van der Waals surface area (Å²) in [6.45, 7) is 7.50. The van der Waals surface area contributed by atoms with E-state index in [1.165, 1.54) is 11.6 Å². The van der Waals surface area contributed by atoms with E-state index < -0.39 is 0 Å². The Morgan fingerprint density at radius 3 is 2.64 bits per heavy atom. The predicted octanol–water partition coefficient (Wildman–Crippen LogP) is 0.922. The SMILES string of the molecule is CCn1c(C2CCCN2)nc2c1c(=O)n(C)c(=O)n2C(C)C. The summed E-state index contributed by atoms with van der Waals surface area (Å²) in [5.41, 5.74) is 0.463. The number of aromatic nitrogens is 4. The fourth-order valence-corrected chi connectivity index (χ4v) is 3.29. The van der Waals surface area contributed by atoms with E-state index >= 15 is 0 Å². The van der Waals surface area contributed by atoms with Crippen LogP contribution in [-0.4, -0.2) is 25.2 Å². The summed E-state index contributed by atoms with van der Waals surface area (Å²) in [7, 11) is 1.53. The highest BCUT2D eigenvalue weighted by molar-refractivity contribution is 5.71. The molecule has 1 fully saturated rings. The number of fused-ring (bicyclic) bond motifs is 1. The molecular formula is C15H23N5O2. The summed E-state index contributed by atoms with van der Waals surface area (Å²) < 4.78 is 4.75. The zero-order chi connectivity index (χ0) is 16.0. The Hall–Kier alpha value is -1.89. The van der Waals surface area contributed by atoms with Crippen molar-refractivity contribution in [3.63, 3.8) is 0 Å². The first kappa shape index (κ1) is 15.0. The minimum atomic E-state index is -0.306. The Labute approximate surface area is 128 Å². The van der Waals surface area contributed by atoms with Gasteiger partial charge >= 0.3 is 5.69 Å². The second-order valence-corrected chi connectivity index (χ2v) is 6.15. The number of nitrogens with one attached hydrogen (secondary N) is 1. The van der Waals surface area contributed by atoms with Gasteiger partial charge in [-0.2, -0.15) is 0 Å². The largest absolute Gasteiger partial charge is 0.332 e. The molecule has 0 radical (unpaired) electrons. The van der Waals surface area contributed by atoms with Crippen LogP contribution in [0.4, 0.5) is 0 Å². The molecule has 1 aliphatic rings. The molecule has 3 rings (SSSR count). The molecule has 1 unspecified atom stereocenters. The van der Waals surface area contributed by atoms with Crippen LogP contribution >= 0.6 is 0 Å². The van der Waals surface area contributed by atoms with Gasteiger partial charge < -0.3 is 9.88 Å². The quantitative estimate of drug-likeness (QED) is 0.915. The molecule has 120 valence electrons. The standard InChI is InChI=1S/C15H23N5O2/c1-5-19-11-13(17-12(19)10-7-6-8-16-10)20(9(2)3)15(22)18(4)14(11)21/h9-10,16H,5-8H2,1-4H3. The van der Waals surface area contributed by atoms with Crippen LogP contribution in [-0.2, 0) is 13.6 Å². The highest BCUT2D eigenvalue weighted by Crippen LogP contribution is 2.25. The summed E-state index contributed by atoms with van der Waals surface area (Å²) in [6.07, 6.45) is 2.11. The third kappa shape index (κ3) is 2.03. The Morgan fingerprint density at radius 2 is 2.09 bits per heavy atom. The predicted molar refractivity (Wildman–Crippen MR) is 85.3 cm³/mol. The monoisotopic (exact) mass is 305 g/mol. The maximum absolute atomic E-state index is 12.6. The van der Waals surface area contributed by atoms with Crippen molar-refractivity contribution in [1.82, 2.24) is 24.0 Å². The first-order chi connectivity index (χ1) is 10.5. The van der Waals surface area contributed by atoms with Crippen molar-refractivity contribution in [3.05, 3.63) is 26.7 Å². The van der Waals surface area contributed by atoms with E-state index in [2.05, 4.69) is 5.32 Å². The second-order valence-electron chi connectivity index (χ2n) is 6.15. The van der Waals surface area contributed by atoms with E-state index in [1.54, 1.807) is 4.57 Å². The lowest BCUT2D eigenvalue weighted by molar-refractivity contribution is 0.551. The van der Waals surface area contributed by atoms with Gasteiger partial charge in [-0.25, -0.2) is 9.78 Å². The van der Waals surface area contributed by atoms with Crippen molar-refractivity contribution >= 4 is 11.2 Å². The normalized spacial score (nSPS) is 18.7. The van der Waals surface area contributed by atoms with Gasteiger partial charge in [0.1, 0.15) is 5.82 Å². The summed E-state index contributed by atoms with van der Waals surface area (Å²) >= 11 is 0. The molecular weight excluding hydrogens is 282 g/mol. The van der Waals surface area contributed by atoms with Crippen molar-refractivity contribution in [2.45, 2.75) is 52.2 Å². The lowest BCUT2D eigenvalue weighted by atomic mass is 10.2. The van der Waals surface area contributed by atoms with Gasteiger partial charge in [0.15, 0.2) is 11.2 Å². The average molecular weight is 305 g/mol. The maximum atomic E-state index is 12.6. The van der Waals surface area contributed by atoms with Crippen LogP contribution in [0.1, 0.15) is 51.5 Å². The fraction of sp³-hybridized carbons (Fsp3) is 0.667.